The number of carbonyl (C=O) groups is 1. The lowest BCUT2D eigenvalue weighted by Crippen LogP contribution is -2.31. The highest BCUT2D eigenvalue weighted by Crippen LogP contribution is 2.22. The zero-order valence-corrected chi connectivity index (χ0v) is 18.1. The Labute approximate surface area is 188 Å². The number of aryl methyl sites for hydroxylation is 2. The summed E-state index contributed by atoms with van der Waals surface area (Å²) in [7, 11) is 0. The van der Waals surface area contributed by atoms with E-state index in [4.69, 9.17) is 4.52 Å². The molecule has 33 heavy (non-hydrogen) atoms. The van der Waals surface area contributed by atoms with Gasteiger partial charge in [-0.15, -0.1) is 0 Å². The number of nitrogens with one attached hydrogen (secondary N) is 2. The molecule has 1 aromatic carbocycles. The standard InChI is InChI=1S/C24H22FN5O3/c1-3-19-22(14(2)33-30-19)24(32)28-20(15-4-6-17(25)7-5-15)12-18-13-21(31)29-23(27-18)16-8-10-26-11-9-16/h4-11,13,20H,3,12H2,1-2H3,(H,28,32)(H,27,29,31)/t20-/m1/s1. The van der Waals surface area contributed by atoms with E-state index in [1.165, 1.54) is 18.2 Å². The van der Waals surface area contributed by atoms with Gasteiger partial charge in [0.1, 0.15) is 23.0 Å². The van der Waals surface area contributed by atoms with Crippen molar-refractivity contribution in [2.75, 3.05) is 0 Å². The molecule has 0 saturated carbocycles. The second kappa shape index (κ2) is 9.56. The summed E-state index contributed by atoms with van der Waals surface area (Å²) in [5.74, 6) is 0.0593. The number of halogens is 1. The SMILES string of the molecule is CCc1noc(C)c1C(=O)N[C@H](Cc1cc(=O)[nH]c(-c2ccncc2)n1)c1ccc(F)cc1. The molecule has 3 heterocycles. The average molecular weight is 447 g/mol. The molecule has 0 saturated heterocycles. The molecule has 0 bridgehead atoms. The summed E-state index contributed by atoms with van der Waals surface area (Å²) < 4.78 is 18.7. The molecule has 0 spiro atoms. The number of aromatic amines is 1. The zero-order chi connectivity index (χ0) is 23.4. The summed E-state index contributed by atoms with van der Waals surface area (Å²) in [4.78, 5) is 36.7. The highest BCUT2D eigenvalue weighted by atomic mass is 19.1. The number of carbonyl (C=O) groups excluding carboxylic acids is 1. The van der Waals surface area contributed by atoms with Gasteiger partial charge in [0, 0.05) is 30.4 Å². The van der Waals surface area contributed by atoms with Crippen molar-refractivity contribution in [2.45, 2.75) is 32.7 Å². The number of hydrogen-bond donors (Lipinski definition) is 2. The average Bonchev–Trinajstić information content (AvgIpc) is 3.20. The van der Waals surface area contributed by atoms with Gasteiger partial charge in [-0.1, -0.05) is 24.2 Å². The topological polar surface area (TPSA) is 114 Å². The molecule has 4 aromatic rings. The van der Waals surface area contributed by atoms with Gasteiger partial charge in [0.05, 0.1) is 17.4 Å². The van der Waals surface area contributed by atoms with Crippen LogP contribution in [0.25, 0.3) is 11.4 Å². The molecule has 0 aliphatic rings. The largest absolute Gasteiger partial charge is 0.361 e. The van der Waals surface area contributed by atoms with Crippen LogP contribution >= 0.6 is 0 Å². The fraction of sp³-hybridized carbons (Fsp3) is 0.208. The molecule has 0 radical (unpaired) electrons. The van der Waals surface area contributed by atoms with Crippen molar-refractivity contribution >= 4 is 5.91 Å². The van der Waals surface area contributed by atoms with Crippen LogP contribution in [0.5, 0.6) is 0 Å². The highest BCUT2D eigenvalue weighted by molar-refractivity contribution is 5.96. The van der Waals surface area contributed by atoms with E-state index in [0.29, 0.717) is 46.1 Å². The van der Waals surface area contributed by atoms with E-state index in [9.17, 15) is 14.0 Å². The third-order valence-corrected chi connectivity index (χ3v) is 5.23. The van der Waals surface area contributed by atoms with Gasteiger partial charge in [0.25, 0.3) is 11.5 Å². The van der Waals surface area contributed by atoms with Crippen molar-refractivity contribution in [1.29, 1.82) is 0 Å². The van der Waals surface area contributed by atoms with Gasteiger partial charge in [0.15, 0.2) is 0 Å². The molecule has 1 amide bonds. The van der Waals surface area contributed by atoms with Crippen LogP contribution in [-0.4, -0.2) is 26.0 Å². The van der Waals surface area contributed by atoms with E-state index >= 15 is 0 Å². The molecule has 0 aliphatic heterocycles. The third-order valence-electron chi connectivity index (χ3n) is 5.23. The lowest BCUT2D eigenvalue weighted by Gasteiger charge is -2.19. The predicted octanol–water partition coefficient (Wildman–Crippen LogP) is 3.54. The van der Waals surface area contributed by atoms with Crippen LogP contribution in [-0.2, 0) is 12.8 Å². The van der Waals surface area contributed by atoms with Gasteiger partial charge in [-0.05, 0) is 43.2 Å². The van der Waals surface area contributed by atoms with Crippen molar-refractivity contribution in [1.82, 2.24) is 25.4 Å². The second-order valence-electron chi connectivity index (χ2n) is 7.52. The van der Waals surface area contributed by atoms with Gasteiger partial charge >= 0.3 is 0 Å². The molecule has 9 heteroatoms. The molecule has 168 valence electrons. The van der Waals surface area contributed by atoms with Crippen molar-refractivity contribution < 1.29 is 13.7 Å². The van der Waals surface area contributed by atoms with Gasteiger partial charge in [-0.25, -0.2) is 9.37 Å². The van der Waals surface area contributed by atoms with Crippen molar-refractivity contribution in [3.05, 3.63) is 99.3 Å². The zero-order valence-electron chi connectivity index (χ0n) is 18.1. The summed E-state index contributed by atoms with van der Waals surface area (Å²) in [5, 5.41) is 6.91. The van der Waals surface area contributed by atoms with Crippen LogP contribution in [0, 0.1) is 12.7 Å². The number of aromatic nitrogens is 4. The summed E-state index contributed by atoms with van der Waals surface area (Å²) in [6, 6.07) is 10.1. The summed E-state index contributed by atoms with van der Waals surface area (Å²) in [5.41, 5.74) is 2.46. The second-order valence-corrected chi connectivity index (χ2v) is 7.52. The minimum Gasteiger partial charge on any atom is -0.361 e. The third kappa shape index (κ3) is 5.03. The van der Waals surface area contributed by atoms with Gasteiger partial charge < -0.3 is 14.8 Å². The van der Waals surface area contributed by atoms with Crippen molar-refractivity contribution in [3.8, 4) is 11.4 Å². The van der Waals surface area contributed by atoms with Crippen LogP contribution in [0.3, 0.4) is 0 Å². The fourth-order valence-corrected chi connectivity index (χ4v) is 3.60. The van der Waals surface area contributed by atoms with Gasteiger partial charge in [0.2, 0.25) is 0 Å². The number of H-pyrrole nitrogens is 1. The highest BCUT2D eigenvalue weighted by Gasteiger charge is 2.23. The number of benzene rings is 1. The number of nitrogens with zero attached hydrogens (tertiary/aromatic N) is 3. The Hall–Kier alpha value is -4.14. The Morgan fingerprint density at radius 1 is 1.18 bits per heavy atom. The fourth-order valence-electron chi connectivity index (χ4n) is 3.60. The van der Waals surface area contributed by atoms with Gasteiger partial charge in [-0.3, -0.25) is 14.6 Å². The van der Waals surface area contributed by atoms with Crippen LogP contribution in [0.15, 0.2) is 64.2 Å². The van der Waals surface area contributed by atoms with Crippen LogP contribution < -0.4 is 10.9 Å². The molecule has 3 aromatic heterocycles. The molecule has 0 aliphatic carbocycles. The maximum atomic E-state index is 13.5. The quantitative estimate of drug-likeness (QED) is 0.448. The van der Waals surface area contributed by atoms with Gasteiger partial charge in [-0.2, -0.15) is 0 Å². The molecule has 0 fully saturated rings. The maximum absolute atomic E-state index is 13.5. The molecular weight excluding hydrogens is 425 g/mol. The Morgan fingerprint density at radius 3 is 2.61 bits per heavy atom. The van der Waals surface area contributed by atoms with Crippen molar-refractivity contribution in [3.63, 3.8) is 0 Å². The Bertz CT molecular complexity index is 1320. The predicted molar refractivity (Wildman–Crippen MR) is 119 cm³/mol. The molecule has 1 atom stereocenters. The minimum atomic E-state index is -0.573. The van der Waals surface area contributed by atoms with Crippen LogP contribution in [0.1, 0.15) is 46.0 Å². The summed E-state index contributed by atoms with van der Waals surface area (Å²) in [6.45, 7) is 3.56. The molecule has 2 N–H and O–H groups in total. The van der Waals surface area contributed by atoms with E-state index in [1.54, 1.807) is 43.6 Å². The first-order valence-electron chi connectivity index (χ1n) is 10.5. The Balaban J connectivity index is 1.68. The lowest BCUT2D eigenvalue weighted by atomic mass is 10.0. The van der Waals surface area contributed by atoms with E-state index < -0.39 is 6.04 Å². The number of amides is 1. The Morgan fingerprint density at radius 2 is 1.91 bits per heavy atom. The molecular formula is C24H22FN5O3. The van der Waals surface area contributed by atoms with Crippen LogP contribution in [0.2, 0.25) is 0 Å². The van der Waals surface area contributed by atoms with Crippen LogP contribution in [0.4, 0.5) is 4.39 Å². The number of hydrogen-bond acceptors (Lipinski definition) is 6. The maximum Gasteiger partial charge on any atom is 0.257 e. The molecule has 4 rings (SSSR count). The normalized spacial score (nSPS) is 11.8. The van der Waals surface area contributed by atoms with E-state index in [1.807, 2.05) is 6.92 Å². The minimum absolute atomic E-state index is 0.213. The van der Waals surface area contributed by atoms with E-state index in [0.717, 1.165) is 0 Å². The lowest BCUT2D eigenvalue weighted by molar-refractivity contribution is 0.0934. The smallest absolute Gasteiger partial charge is 0.257 e. The van der Waals surface area contributed by atoms with Crippen molar-refractivity contribution in [2.24, 2.45) is 0 Å². The first-order chi connectivity index (χ1) is 15.9. The number of pyridine rings is 1. The number of rotatable bonds is 7. The Kier molecular flexibility index (Phi) is 6.39. The molecule has 8 nitrogen and oxygen atoms in total. The van der Waals surface area contributed by atoms with E-state index in [2.05, 4.69) is 25.4 Å². The summed E-state index contributed by atoms with van der Waals surface area (Å²) >= 11 is 0. The molecule has 0 unspecified atom stereocenters. The summed E-state index contributed by atoms with van der Waals surface area (Å²) in [6.07, 6.45) is 3.96. The first-order valence-corrected chi connectivity index (χ1v) is 10.5. The van der Waals surface area contributed by atoms with E-state index in [-0.39, 0.29) is 23.7 Å². The first kappa shape index (κ1) is 22.1. The monoisotopic (exact) mass is 447 g/mol.